The number of rotatable bonds is 3. The van der Waals surface area contributed by atoms with Gasteiger partial charge < -0.3 is 15.1 Å². The fraction of sp³-hybridized carbons (Fsp3) is 0.226. The first-order valence-corrected chi connectivity index (χ1v) is 19.5. The van der Waals surface area contributed by atoms with Gasteiger partial charge in [0.15, 0.2) is 5.78 Å². The second-order valence-electron chi connectivity index (χ2n) is 17.0. The van der Waals surface area contributed by atoms with E-state index in [-0.39, 0.29) is 37.1 Å². The maximum atomic E-state index is 11.5. The van der Waals surface area contributed by atoms with Gasteiger partial charge in [0.25, 0.3) is 0 Å². The predicted molar refractivity (Wildman–Crippen MR) is 241 cm³/mol. The molecule has 0 aliphatic carbocycles. The fourth-order valence-electron chi connectivity index (χ4n) is 6.91. The second kappa shape index (κ2) is 18.0. The molecule has 0 amide bonds. The summed E-state index contributed by atoms with van der Waals surface area (Å²) in [6.07, 6.45) is 5.13. The van der Waals surface area contributed by atoms with E-state index in [1.807, 2.05) is 53.9 Å². The third kappa shape index (κ3) is 10.1. The molecule has 0 aliphatic heterocycles. The Balaban J connectivity index is 0.000000171. The van der Waals surface area contributed by atoms with Crippen LogP contribution >= 0.6 is 0 Å². The summed E-state index contributed by atoms with van der Waals surface area (Å²) in [5.74, 6) is 0.104. The Morgan fingerprint density at radius 2 is 0.948 bits per heavy atom. The molecule has 4 nitrogen and oxygen atoms in total. The number of aryl methyl sites for hydroxylation is 4. The van der Waals surface area contributed by atoms with Gasteiger partial charge in [-0.15, -0.1) is 69.8 Å². The van der Waals surface area contributed by atoms with Gasteiger partial charge in [0.2, 0.25) is 0 Å². The Kier molecular flexibility index (Phi) is 13.5. The molecule has 6 aromatic carbocycles. The molecule has 8 aromatic rings. The Labute approximate surface area is 357 Å². The van der Waals surface area contributed by atoms with Gasteiger partial charge in [0, 0.05) is 49.4 Å². The summed E-state index contributed by atoms with van der Waals surface area (Å²) < 4.78 is 0. The summed E-state index contributed by atoms with van der Waals surface area (Å²) in [6, 6.07) is 45.4. The number of nitrogens with zero attached hydrogens (tertiary/aromatic N) is 2. The van der Waals surface area contributed by atoms with Crippen molar-refractivity contribution in [1.82, 2.24) is 9.97 Å². The molecule has 0 fully saturated rings. The molecule has 0 atom stereocenters. The van der Waals surface area contributed by atoms with Gasteiger partial charge >= 0.3 is 0 Å². The SMILES string of the molecule is CC(C)(C)C(=O)/C=C(\O)C(C)(C)C.Cc1[c-]c(-c2nccc3c2ccc2ccccc23)cc(C)c1.Cc1[c-]c(-c2nccc3c2ccc2ccccc23)cc(C)c1.[Ir]. The van der Waals surface area contributed by atoms with E-state index in [0.29, 0.717) is 0 Å². The number of ketones is 1. The van der Waals surface area contributed by atoms with E-state index in [1.54, 1.807) is 0 Å². The van der Waals surface area contributed by atoms with Crippen molar-refractivity contribution in [3.63, 3.8) is 0 Å². The van der Waals surface area contributed by atoms with Gasteiger partial charge in [0.1, 0.15) is 5.76 Å². The molecule has 58 heavy (non-hydrogen) atoms. The van der Waals surface area contributed by atoms with Crippen LogP contribution in [0.1, 0.15) is 63.8 Å². The Morgan fingerprint density at radius 1 is 0.534 bits per heavy atom. The molecular weight excluding hydrogens is 889 g/mol. The van der Waals surface area contributed by atoms with Crippen LogP contribution < -0.4 is 0 Å². The molecule has 5 heteroatoms. The third-order valence-corrected chi connectivity index (χ3v) is 9.92. The zero-order valence-corrected chi connectivity index (χ0v) is 37.6. The van der Waals surface area contributed by atoms with E-state index < -0.39 is 5.41 Å². The topological polar surface area (TPSA) is 63.1 Å². The molecule has 2 aromatic heterocycles. The summed E-state index contributed by atoms with van der Waals surface area (Å²) in [7, 11) is 0. The minimum Gasteiger partial charge on any atom is -0.512 e. The van der Waals surface area contributed by atoms with Crippen LogP contribution in [0.3, 0.4) is 0 Å². The van der Waals surface area contributed by atoms with Gasteiger partial charge in [-0.2, -0.15) is 0 Å². The Hall–Kier alpha value is -5.48. The minimum atomic E-state index is -0.417. The largest absolute Gasteiger partial charge is 0.512 e. The first-order chi connectivity index (χ1) is 27.0. The van der Waals surface area contributed by atoms with Crippen LogP contribution in [0.4, 0.5) is 0 Å². The first-order valence-electron chi connectivity index (χ1n) is 19.5. The third-order valence-electron chi connectivity index (χ3n) is 9.92. The predicted octanol–water partition coefficient (Wildman–Crippen LogP) is 14.0. The summed E-state index contributed by atoms with van der Waals surface area (Å²) in [6.45, 7) is 19.5. The standard InChI is InChI=1S/2C21H16N.C11H20O2.Ir/c2*1-14-11-15(2)13-17(12-14)21-20-8-7-16-5-3-4-6-18(16)19(20)9-10-22-21;1-10(2,3)8(12)7-9(13)11(4,5)6;/h2*3-12H,1-2H3;7,12H,1-6H3;/q2*-1;;/b;;8-7-;. The van der Waals surface area contributed by atoms with Crippen LogP contribution in [0.25, 0.3) is 65.6 Å². The number of carbonyl (C=O) groups excluding carboxylic acids is 1. The monoisotopic (exact) mass is 941 g/mol. The number of aliphatic hydroxyl groups excluding tert-OH is 1. The van der Waals surface area contributed by atoms with Gasteiger partial charge in [-0.1, -0.05) is 142 Å². The Bertz CT molecular complexity index is 2580. The summed E-state index contributed by atoms with van der Waals surface area (Å²) in [4.78, 5) is 20.8. The van der Waals surface area contributed by atoms with Crippen molar-refractivity contribution < 1.29 is 30.0 Å². The van der Waals surface area contributed by atoms with E-state index in [2.05, 4.69) is 159 Å². The van der Waals surface area contributed by atoms with E-state index in [9.17, 15) is 9.90 Å². The minimum absolute atomic E-state index is 0. The number of carbonyl (C=O) groups is 1. The summed E-state index contributed by atoms with van der Waals surface area (Å²) in [5, 5.41) is 19.5. The molecule has 2 heterocycles. The van der Waals surface area contributed by atoms with Crippen molar-refractivity contribution in [2.75, 3.05) is 0 Å². The van der Waals surface area contributed by atoms with Crippen LogP contribution in [-0.2, 0) is 24.9 Å². The maximum absolute atomic E-state index is 11.5. The van der Waals surface area contributed by atoms with Crippen molar-refractivity contribution in [3.8, 4) is 22.5 Å². The number of aromatic nitrogens is 2. The molecule has 1 radical (unpaired) electrons. The molecule has 297 valence electrons. The number of hydrogen-bond donors (Lipinski definition) is 1. The molecule has 0 saturated carbocycles. The van der Waals surface area contributed by atoms with Crippen LogP contribution in [0.5, 0.6) is 0 Å². The van der Waals surface area contributed by atoms with Gasteiger partial charge in [0.05, 0.1) is 0 Å². The average Bonchev–Trinajstić information content (AvgIpc) is 3.16. The number of benzene rings is 6. The van der Waals surface area contributed by atoms with Crippen LogP contribution in [-0.4, -0.2) is 20.9 Å². The second-order valence-corrected chi connectivity index (χ2v) is 17.0. The normalized spacial score (nSPS) is 11.7. The summed E-state index contributed by atoms with van der Waals surface area (Å²) >= 11 is 0. The molecule has 0 aliphatic rings. The van der Waals surface area contributed by atoms with Crippen LogP contribution in [0.2, 0.25) is 0 Å². The molecule has 0 unspecified atom stereocenters. The number of allylic oxidation sites excluding steroid dienone is 2. The molecule has 0 spiro atoms. The van der Waals surface area contributed by atoms with Crippen molar-refractivity contribution in [2.24, 2.45) is 10.8 Å². The van der Waals surface area contributed by atoms with E-state index >= 15 is 0 Å². The molecule has 0 saturated heterocycles. The van der Waals surface area contributed by atoms with Gasteiger partial charge in [-0.3, -0.25) is 4.79 Å². The number of pyridine rings is 2. The van der Waals surface area contributed by atoms with Gasteiger partial charge in [-0.05, 0) is 66.6 Å². The first kappa shape index (κ1) is 43.6. The van der Waals surface area contributed by atoms with E-state index in [0.717, 1.165) is 33.6 Å². The van der Waals surface area contributed by atoms with Crippen molar-refractivity contribution in [3.05, 3.63) is 168 Å². The van der Waals surface area contributed by atoms with Crippen LogP contribution in [0, 0.1) is 50.7 Å². The number of hydrogen-bond acceptors (Lipinski definition) is 4. The quantitative estimate of drug-likeness (QED) is 0.0830. The van der Waals surface area contributed by atoms with Crippen LogP contribution in [0.15, 0.2) is 133 Å². The molecular formula is C53H52IrN2O2-2. The zero-order chi connectivity index (χ0) is 41.1. The summed E-state index contributed by atoms with van der Waals surface area (Å²) in [5.41, 5.74) is 8.17. The fourth-order valence-corrected chi connectivity index (χ4v) is 6.91. The molecule has 1 N–H and O–H groups in total. The van der Waals surface area contributed by atoms with Gasteiger partial charge in [-0.25, -0.2) is 0 Å². The maximum Gasteiger partial charge on any atom is 0.164 e. The zero-order valence-electron chi connectivity index (χ0n) is 35.2. The van der Waals surface area contributed by atoms with Crippen molar-refractivity contribution in [2.45, 2.75) is 69.2 Å². The van der Waals surface area contributed by atoms with Crippen molar-refractivity contribution >= 4 is 48.9 Å². The Morgan fingerprint density at radius 3 is 1.33 bits per heavy atom. The molecule has 0 bridgehead atoms. The van der Waals surface area contributed by atoms with E-state index in [1.165, 1.54) is 60.3 Å². The smallest absolute Gasteiger partial charge is 0.164 e. The average molecular weight is 941 g/mol. The molecule has 8 rings (SSSR count). The van der Waals surface area contributed by atoms with E-state index in [4.69, 9.17) is 0 Å². The number of fused-ring (bicyclic) bond motifs is 6. The van der Waals surface area contributed by atoms with Crippen molar-refractivity contribution in [1.29, 1.82) is 0 Å². The number of aliphatic hydroxyl groups is 1.